The highest BCUT2D eigenvalue weighted by molar-refractivity contribution is 8.26. The van der Waals surface area contributed by atoms with Crippen LogP contribution in [0.2, 0.25) is 10.0 Å². The number of amides is 2. The fraction of sp³-hybridized carbons (Fsp3) is 0.115. The summed E-state index contributed by atoms with van der Waals surface area (Å²) in [5.41, 5.74) is 4.55. The first kappa shape index (κ1) is 26.0. The van der Waals surface area contributed by atoms with Crippen LogP contribution in [0.1, 0.15) is 28.4 Å². The van der Waals surface area contributed by atoms with Crippen molar-refractivity contribution in [1.29, 1.82) is 0 Å². The van der Waals surface area contributed by atoms with Crippen molar-refractivity contribution in [3.8, 4) is 11.5 Å². The van der Waals surface area contributed by atoms with E-state index in [1.807, 2.05) is 25.1 Å². The number of nitrogens with one attached hydrogen (secondary N) is 1. The molecule has 0 radical (unpaired) electrons. The molecular formula is C26H20Cl2N2O4S2. The van der Waals surface area contributed by atoms with Crippen molar-refractivity contribution in [3.63, 3.8) is 0 Å². The molecule has 0 aliphatic carbocycles. The minimum atomic E-state index is -0.490. The largest absolute Gasteiger partial charge is 0.490 e. The molecule has 0 saturated carbocycles. The monoisotopic (exact) mass is 558 g/mol. The Balaban J connectivity index is 1.48. The van der Waals surface area contributed by atoms with Gasteiger partial charge >= 0.3 is 0 Å². The summed E-state index contributed by atoms with van der Waals surface area (Å²) in [4.78, 5) is 25.9. The summed E-state index contributed by atoms with van der Waals surface area (Å²) < 4.78 is 11.9. The predicted octanol–water partition coefficient (Wildman–Crippen LogP) is 6.52. The quantitative estimate of drug-likeness (QED) is 0.251. The molecule has 1 N–H and O–H groups in total. The molecule has 1 fully saturated rings. The summed E-state index contributed by atoms with van der Waals surface area (Å²) in [6, 6.07) is 19.2. The summed E-state index contributed by atoms with van der Waals surface area (Å²) >= 11 is 18.3. The summed E-state index contributed by atoms with van der Waals surface area (Å²) in [6.45, 7) is 2.67. The number of hydrogen-bond acceptors (Lipinski definition) is 6. The average Bonchev–Trinajstić information content (AvgIpc) is 3.12. The highest BCUT2D eigenvalue weighted by Gasteiger charge is 2.33. The third kappa shape index (κ3) is 6.39. The fourth-order valence-corrected chi connectivity index (χ4v) is 4.75. The van der Waals surface area contributed by atoms with Gasteiger partial charge in [0, 0.05) is 15.6 Å². The number of nitrogens with zero attached hydrogens (tertiary/aromatic N) is 1. The van der Waals surface area contributed by atoms with Gasteiger partial charge in [-0.15, -0.1) is 0 Å². The van der Waals surface area contributed by atoms with Crippen LogP contribution in [-0.2, 0) is 11.4 Å². The lowest BCUT2D eigenvalue weighted by molar-refractivity contribution is -0.123. The first-order valence-corrected chi connectivity index (χ1v) is 12.8. The molecule has 0 aromatic heterocycles. The molecule has 36 heavy (non-hydrogen) atoms. The van der Waals surface area contributed by atoms with Crippen LogP contribution in [0.4, 0.5) is 0 Å². The number of rotatable bonds is 8. The smallest absolute Gasteiger partial charge is 0.285 e. The van der Waals surface area contributed by atoms with Crippen molar-refractivity contribution >= 4 is 69.4 Å². The van der Waals surface area contributed by atoms with E-state index in [4.69, 9.17) is 44.9 Å². The minimum absolute atomic E-state index is 0.217. The van der Waals surface area contributed by atoms with Crippen LogP contribution >= 0.6 is 47.2 Å². The SMILES string of the molecule is CCOc1cc(/C=C2\SC(=S)N(NC(=O)c3cccc(Cl)c3)C2=O)ccc1OCc1ccc(Cl)cc1. The first-order valence-electron chi connectivity index (χ1n) is 10.8. The van der Waals surface area contributed by atoms with Gasteiger partial charge in [0.25, 0.3) is 11.8 Å². The van der Waals surface area contributed by atoms with Crippen LogP contribution in [0.15, 0.2) is 71.6 Å². The maximum absolute atomic E-state index is 13.0. The molecule has 1 saturated heterocycles. The van der Waals surface area contributed by atoms with E-state index in [1.165, 1.54) is 6.07 Å². The van der Waals surface area contributed by atoms with Gasteiger partial charge in [-0.25, -0.2) is 0 Å². The molecule has 0 bridgehead atoms. The fourth-order valence-electron chi connectivity index (χ4n) is 3.25. The van der Waals surface area contributed by atoms with Crippen LogP contribution in [0.3, 0.4) is 0 Å². The third-order valence-corrected chi connectivity index (χ3v) is 6.76. The number of carbonyl (C=O) groups is 2. The molecule has 10 heteroatoms. The molecule has 0 atom stereocenters. The van der Waals surface area contributed by atoms with Gasteiger partial charge in [0.1, 0.15) is 6.61 Å². The number of carbonyl (C=O) groups excluding carboxylic acids is 2. The van der Waals surface area contributed by atoms with E-state index >= 15 is 0 Å². The van der Waals surface area contributed by atoms with Crippen molar-refractivity contribution in [3.05, 3.63) is 98.4 Å². The first-order chi connectivity index (χ1) is 17.3. The molecular weight excluding hydrogens is 539 g/mol. The number of thioether (sulfide) groups is 1. The Kier molecular flexibility index (Phi) is 8.53. The van der Waals surface area contributed by atoms with Gasteiger partial charge < -0.3 is 9.47 Å². The molecule has 2 amide bonds. The number of thiocarbonyl (C=S) groups is 1. The zero-order valence-corrected chi connectivity index (χ0v) is 22.1. The number of benzene rings is 3. The molecule has 6 nitrogen and oxygen atoms in total. The second kappa shape index (κ2) is 11.8. The standard InChI is InChI=1S/C26H20Cl2N2O4S2/c1-2-33-22-12-17(8-11-21(22)34-15-16-6-9-19(27)10-7-16)13-23-25(32)30(26(35)36-23)29-24(31)18-4-3-5-20(28)14-18/h3-14H,2,15H2,1H3,(H,29,31)/b23-13-. The minimum Gasteiger partial charge on any atom is -0.490 e. The van der Waals surface area contributed by atoms with Crippen LogP contribution in [-0.4, -0.2) is 27.8 Å². The van der Waals surface area contributed by atoms with E-state index in [0.29, 0.717) is 45.2 Å². The molecule has 0 unspecified atom stereocenters. The molecule has 1 heterocycles. The van der Waals surface area contributed by atoms with E-state index in [1.54, 1.807) is 48.5 Å². The number of hydrazine groups is 1. The molecule has 1 aliphatic rings. The Morgan fingerprint density at radius 2 is 1.81 bits per heavy atom. The van der Waals surface area contributed by atoms with Gasteiger partial charge in [-0.3, -0.25) is 15.0 Å². The molecule has 3 aromatic rings. The Hall–Kier alpha value is -3.04. The Morgan fingerprint density at radius 1 is 1.03 bits per heavy atom. The van der Waals surface area contributed by atoms with Gasteiger partial charge in [-0.05, 0) is 78.8 Å². The van der Waals surface area contributed by atoms with Crippen molar-refractivity contribution in [2.75, 3.05) is 6.61 Å². The number of halogens is 2. The van der Waals surface area contributed by atoms with E-state index in [0.717, 1.165) is 27.9 Å². The van der Waals surface area contributed by atoms with Gasteiger partial charge in [-0.1, -0.05) is 59.2 Å². The topological polar surface area (TPSA) is 67.9 Å². The Labute approximate surface area is 228 Å². The van der Waals surface area contributed by atoms with Crippen molar-refractivity contribution in [2.45, 2.75) is 13.5 Å². The van der Waals surface area contributed by atoms with E-state index in [2.05, 4.69) is 5.43 Å². The average molecular weight is 559 g/mol. The van der Waals surface area contributed by atoms with Crippen LogP contribution in [0.5, 0.6) is 11.5 Å². The Bertz CT molecular complexity index is 1350. The van der Waals surface area contributed by atoms with Crippen molar-refractivity contribution < 1.29 is 19.1 Å². The van der Waals surface area contributed by atoms with Crippen molar-refractivity contribution in [1.82, 2.24) is 10.4 Å². The maximum atomic E-state index is 13.0. The second-order valence-corrected chi connectivity index (χ2v) is 10.1. The molecule has 4 rings (SSSR count). The lowest BCUT2D eigenvalue weighted by Crippen LogP contribution is -2.44. The van der Waals surface area contributed by atoms with Crippen LogP contribution < -0.4 is 14.9 Å². The van der Waals surface area contributed by atoms with E-state index in [-0.39, 0.29) is 4.32 Å². The lowest BCUT2D eigenvalue weighted by Gasteiger charge is -2.15. The highest BCUT2D eigenvalue weighted by Crippen LogP contribution is 2.34. The van der Waals surface area contributed by atoms with E-state index < -0.39 is 11.8 Å². The van der Waals surface area contributed by atoms with Gasteiger partial charge in [-0.2, -0.15) is 5.01 Å². The molecule has 1 aliphatic heterocycles. The normalized spacial score (nSPS) is 14.3. The predicted molar refractivity (Wildman–Crippen MR) is 147 cm³/mol. The third-order valence-electron chi connectivity index (χ3n) is 4.97. The van der Waals surface area contributed by atoms with Gasteiger partial charge in [0.05, 0.1) is 11.5 Å². The second-order valence-electron chi connectivity index (χ2n) is 7.52. The summed E-state index contributed by atoms with van der Waals surface area (Å²) in [5.74, 6) is 0.201. The molecule has 184 valence electrons. The molecule has 3 aromatic carbocycles. The summed E-state index contributed by atoms with van der Waals surface area (Å²) in [7, 11) is 0. The Morgan fingerprint density at radius 3 is 2.53 bits per heavy atom. The summed E-state index contributed by atoms with van der Waals surface area (Å²) in [5, 5.41) is 2.13. The van der Waals surface area contributed by atoms with Crippen LogP contribution in [0, 0.1) is 0 Å². The number of hydrogen-bond donors (Lipinski definition) is 1. The van der Waals surface area contributed by atoms with Crippen LogP contribution in [0.25, 0.3) is 6.08 Å². The zero-order valence-electron chi connectivity index (χ0n) is 19.0. The van der Waals surface area contributed by atoms with Crippen molar-refractivity contribution in [2.24, 2.45) is 0 Å². The summed E-state index contributed by atoms with van der Waals surface area (Å²) in [6.07, 6.45) is 1.69. The highest BCUT2D eigenvalue weighted by atomic mass is 35.5. The van der Waals surface area contributed by atoms with Gasteiger partial charge in [0.15, 0.2) is 15.8 Å². The number of ether oxygens (including phenoxy) is 2. The maximum Gasteiger partial charge on any atom is 0.285 e. The zero-order chi connectivity index (χ0) is 25.7. The van der Waals surface area contributed by atoms with Gasteiger partial charge in [0.2, 0.25) is 0 Å². The lowest BCUT2D eigenvalue weighted by atomic mass is 10.1. The molecule has 0 spiro atoms. The van der Waals surface area contributed by atoms with E-state index in [9.17, 15) is 9.59 Å².